The maximum absolute atomic E-state index is 12.8. The molecule has 2 amide bonds. The van der Waals surface area contributed by atoms with Crippen molar-refractivity contribution < 1.29 is 19.1 Å². The van der Waals surface area contributed by atoms with E-state index in [0.717, 1.165) is 11.3 Å². The lowest BCUT2D eigenvalue weighted by Gasteiger charge is -2.07. The molecule has 3 aromatic rings. The minimum absolute atomic E-state index is 0.0982. The van der Waals surface area contributed by atoms with Crippen LogP contribution in [0.4, 0.5) is 5.00 Å². The fraction of sp³-hybridized carbons (Fsp3) is 0.200. The monoisotopic (exact) mass is 480 g/mol. The van der Waals surface area contributed by atoms with Crippen LogP contribution in [0, 0.1) is 6.92 Å². The predicted molar refractivity (Wildman–Crippen MR) is 120 cm³/mol. The van der Waals surface area contributed by atoms with Gasteiger partial charge in [0.05, 0.1) is 27.8 Å². The Morgan fingerprint density at radius 3 is 2.65 bits per heavy atom. The smallest absolute Gasteiger partial charge is 0.341 e. The van der Waals surface area contributed by atoms with Gasteiger partial charge in [-0.2, -0.15) is 5.10 Å². The number of carbonyl (C=O) groups is 3. The molecule has 0 spiro atoms. The van der Waals surface area contributed by atoms with E-state index >= 15 is 0 Å². The Morgan fingerprint density at radius 1 is 1.26 bits per heavy atom. The van der Waals surface area contributed by atoms with E-state index in [4.69, 9.17) is 33.7 Å². The molecule has 8 nitrogen and oxygen atoms in total. The van der Waals surface area contributed by atoms with Gasteiger partial charge in [-0.15, -0.1) is 11.3 Å². The van der Waals surface area contributed by atoms with Gasteiger partial charge < -0.3 is 15.8 Å². The standard InChI is InChI=1S/C20H18Cl2N4O4S/c1-3-6-30-20(29)15-9(2)16(17(23)27)31-19(15)24-18(28)14-8-13(25-26-14)11-5-4-10(21)7-12(11)22/h4-5,7-8H,3,6H2,1-2H3,(H2,23,27)(H,24,28)(H,25,26). The number of carbonyl (C=O) groups excluding carboxylic acids is 3. The Kier molecular flexibility index (Phi) is 6.99. The number of thiophene rings is 1. The fourth-order valence-electron chi connectivity index (χ4n) is 2.79. The van der Waals surface area contributed by atoms with E-state index in [-0.39, 0.29) is 27.7 Å². The number of nitrogens with one attached hydrogen (secondary N) is 2. The minimum atomic E-state index is -0.700. The molecule has 162 valence electrons. The molecule has 1 aromatic carbocycles. The van der Waals surface area contributed by atoms with Gasteiger partial charge >= 0.3 is 5.97 Å². The first kappa shape index (κ1) is 22.8. The number of aromatic amines is 1. The van der Waals surface area contributed by atoms with E-state index < -0.39 is 17.8 Å². The molecule has 0 bridgehead atoms. The summed E-state index contributed by atoms with van der Waals surface area (Å²) in [5.41, 5.74) is 7.01. The van der Waals surface area contributed by atoms with Crippen molar-refractivity contribution in [2.75, 3.05) is 11.9 Å². The summed E-state index contributed by atoms with van der Waals surface area (Å²) in [4.78, 5) is 37.2. The molecule has 0 aliphatic carbocycles. The van der Waals surface area contributed by atoms with Crippen LogP contribution in [-0.4, -0.2) is 34.6 Å². The van der Waals surface area contributed by atoms with Crippen LogP contribution < -0.4 is 11.1 Å². The van der Waals surface area contributed by atoms with Gasteiger partial charge in [0.2, 0.25) is 0 Å². The highest BCUT2D eigenvalue weighted by Gasteiger charge is 2.26. The lowest BCUT2D eigenvalue weighted by atomic mass is 10.1. The number of amides is 2. The highest BCUT2D eigenvalue weighted by molar-refractivity contribution is 7.18. The normalized spacial score (nSPS) is 10.7. The van der Waals surface area contributed by atoms with Crippen molar-refractivity contribution in [1.82, 2.24) is 10.2 Å². The van der Waals surface area contributed by atoms with E-state index in [1.54, 1.807) is 25.1 Å². The van der Waals surface area contributed by atoms with Crippen LogP contribution in [0.5, 0.6) is 0 Å². The van der Waals surface area contributed by atoms with Crippen molar-refractivity contribution in [2.45, 2.75) is 20.3 Å². The second-order valence-corrected chi connectivity index (χ2v) is 8.37. The molecule has 0 aliphatic rings. The second kappa shape index (κ2) is 9.51. The topological polar surface area (TPSA) is 127 Å². The molecule has 0 unspecified atom stereocenters. The van der Waals surface area contributed by atoms with E-state index in [1.165, 1.54) is 6.07 Å². The summed E-state index contributed by atoms with van der Waals surface area (Å²) in [6, 6.07) is 6.42. The SMILES string of the molecule is CCCOC(=O)c1c(NC(=O)c2cc(-c3ccc(Cl)cc3Cl)n[nH]2)sc(C(N)=O)c1C. The molecule has 2 aromatic heterocycles. The van der Waals surface area contributed by atoms with Crippen LogP contribution in [0.25, 0.3) is 11.3 Å². The Labute approximate surface area is 191 Å². The number of hydrogen-bond donors (Lipinski definition) is 3. The number of esters is 1. The Hall–Kier alpha value is -2.88. The summed E-state index contributed by atoms with van der Waals surface area (Å²) in [5.74, 6) is -1.91. The molecule has 2 heterocycles. The molecule has 0 fully saturated rings. The number of rotatable bonds is 7. The van der Waals surface area contributed by atoms with Gasteiger partial charge in [-0.25, -0.2) is 4.79 Å². The summed E-state index contributed by atoms with van der Waals surface area (Å²) < 4.78 is 5.18. The number of ether oxygens (including phenoxy) is 1. The number of hydrogen-bond acceptors (Lipinski definition) is 6. The van der Waals surface area contributed by atoms with Crippen LogP contribution in [0.3, 0.4) is 0 Å². The van der Waals surface area contributed by atoms with Crippen molar-refractivity contribution >= 4 is 57.3 Å². The Bertz CT molecular complexity index is 1170. The zero-order valence-electron chi connectivity index (χ0n) is 16.5. The van der Waals surface area contributed by atoms with Gasteiger partial charge in [0.25, 0.3) is 11.8 Å². The molecule has 11 heteroatoms. The largest absolute Gasteiger partial charge is 0.462 e. The molecule has 0 saturated heterocycles. The number of H-pyrrole nitrogens is 1. The average Bonchev–Trinajstić information content (AvgIpc) is 3.31. The summed E-state index contributed by atoms with van der Waals surface area (Å²) in [6.07, 6.45) is 0.628. The van der Waals surface area contributed by atoms with Crippen LogP contribution in [0.1, 0.15) is 49.4 Å². The Morgan fingerprint density at radius 2 is 2.00 bits per heavy atom. The summed E-state index contributed by atoms with van der Waals surface area (Å²) in [6.45, 7) is 3.64. The number of primary amides is 1. The van der Waals surface area contributed by atoms with E-state index in [0.29, 0.717) is 33.3 Å². The highest BCUT2D eigenvalue weighted by Crippen LogP contribution is 2.34. The maximum atomic E-state index is 12.8. The molecule has 0 saturated carbocycles. The van der Waals surface area contributed by atoms with Crippen LogP contribution in [0.15, 0.2) is 24.3 Å². The maximum Gasteiger partial charge on any atom is 0.341 e. The fourth-order valence-corrected chi connectivity index (χ4v) is 4.34. The van der Waals surface area contributed by atoms with E-state index in [9.17, 15) is 14.4 Å². The minimum Gasteiger partial charge on any atom is -0.462 e. The molecule has 3 rings (SSSR count). The summed E-state index contributed by atoms with van der Waals surface area (Å²) >= 11 is 13.0. The third-order valence-corrected chi connectivity index (χ3v) is 6.04. The Balaban J connectivity index is 1.90. The number of nitrogens with two attached hydrogens (primary N) is 1. The van der Waals surface area contributed by atoms with Gasteiger partial charge in [0, 0.05) is 10.6 Å². The quantitative estimate of drug-likeness (QED) is 0.423. The second-order valence-electron chi connectivity index (χ2n) is 6.51. The lowest BCUT2D eigenvalue weighted by Crippen LogP contribution is -2.15. The third-order valence-electron chi connectivity index (χ3n) is 4.27. The van der Waals surface area contributed by atoms with Gasteiger partial charge in [-0.3, -0.25) is 14.7 Å². The molecule has 31 heavy (non-hydrogen) atoms. The van der Waals surface area contributed by atoms with Gasteiger partial charge in [-0.1, -0.05) is 30.1 Å². The van der Waals surface area contributed by atoms with Crippen molar-refractivity contribution in [1.29, 1.82) is 0 Å². The van der Waals surface area contributed by atoms with E-state index in [2.05, 4.69) is 15.5 Å². The molecule has 4 N–H and O–H groups in total. The zero-order valence-corrected chi connectivity index (χ0v) is 18.9. The molecule has 0 radical (unpaired) electrons. The number of aromatic nitrogens is 2. The molecular weight excluding hydrogens is 463 g/mol. The number of benzene rings is 1. The van der Waals surface area contributed by atoms with Crippen molar-refractivity contribution in [3.8, 4) is 11.3 Å². The summed E-state index contributed by atoms with van der Waals surface area (Å²) in [5, 5.41) is 10.4. The molecule has 0 aliphatic heterocycles. The van der Waals surface area contributed by atoms with Crippen molar-refractivity contribution in [3.05, 3.63) is 56.0 Å². The highest BCUT2D eigenvalue weighted by atomic mass is 35.5. The first-order valence-corrected chi connectivity index (χ1v) is 10.7. The number of nitrogens with zero attached hydrogens (tertiary/aromatic N) is 1. The van der Waals surface area contributed by atoms with Gasteiger partial charge in [0.15, 0.2) is 0 Å². The molecule has 0 atom stereocenters. The van der Waals surface area contributed by atoms with Crippen LogP contribution in [0.2, 0.25) is 10.0 Å². The third kappa shape index (κ3) is 4.90. The van der Waals surface area contributed by atoms with Crippen molar-refractivity contribution in [2.24, 2.45) is 5.73 Å². The van der Waals surface area contributed by atoms with Gasteiger partial charge in [0.1, 0.15) is 10.7 Å². The molecular formula is C20H18Cl2N4O4S. The number of anilines is 1. The van der Waals surface area contributed by atoms with Crippen LogP contribution >= 0.6 is 34.5 Å². The predicted octanol–water partition coefficient (Wildman–Crippen LogP) is 4.67. The summed E-state index contributed by atoms with van der Waals surface area (Å²) in [7, 11) is 0. The number of halogens is 2. The van der Waals surface area contributed by atoms with Crippen molar-refractivity contribution in [3.63, 3.8) is 0 Å². The average molecular weight is 481 g/mol. The lowest BCUT2D eigenvalue weighted by molar-refractivity contribution is 0.0506. The first-order valence-electron chi connectivity index (χ1n) is 9.15. The zero-order chi connectivity index (χ0) is 22.7. The first-order chi connectivity index (χ1) is 14.7. The van der Waals surface area contributed by atoms with Gasteiger partial charge in [-0.05, 0) is 43.2 Å². The van der Waals surface area contributed by atoms with Crippen LogP contribution in [-0.2, 0) is 4.74 Å². The van der Waals surface area contributed by atoms with E-state index in [1.807, 2.05) is 6.92 Å².